The topological polar surface area (TPSA) is 110 Å². The minimum absolute atomic E-state index is 0.0432. The Morgan fingerprint density at radius 2 is 2.33 bits per heavy atom. The molecule has 21 heavy (non-hydrogen) atoms. The smallest absolute Gasteiger partial charge is 0.245 e. The normalized spacial score (nSPS) is 18.3. The Labute approximate surface area is 120 Å². The molecule has 2 heterocycles. The van der Waals surface area contributed by atoms with Crippen molar-refractivity contribution in [1.29, 1.82) is 0 Å². The fraction of sp³-hybridized carbons (Fsp3) is 0.308. The number of carbonyl (C=O) groups excluding carboxylic acids is 1. The average Bonchev–Trinajstić information content (AvgIpc) is 2.98. The van der Waals surface area contributed by atoms with Crippen molar-refractivity contribution >= 4 is 5.91 Å². The Kier molecular flexibility index (Phi) is 3.44. The van der Waals surface area contributed by atoms with Gasteiger partial charge in [-0.2, -0.15) is 4.98 Å². The second-order valence-electron chi connectivity index (χ2n) is 4.58. The maximum absolute atomic E-state index is 11.1. The van der Waals surface area contributed by atoms with Crippen molar-refractivity contribution in [2.24, 2.45) is 0 Å². The summed E-state index contributed by atoms with van der Waals surface area (Å²) in [5, 5.41) is 19.2. The Morgan fingerprint density at radius 3 is 3.05 bits per heavy atom. The molecule has 0 radical (unpaired) electrons. The molecular formula is C13H14N4O4. The van der Waals surface area contributed by atoms with Crippen LogP contribution in [0, 0.1) is 0 Å². The van der Waals surface area contributed by atoms with Crippen molar-refractivity contribution in [3.8, 4) is 22.9 Å². The van der Waals surface area contributed by atoms with Gasteiger partial charge in [0.25, 0.3) is 0 Å². The van der Waals surface area contributed by atoms with Gasteiger partial charge in [0.2, 0.25) is 17.6 Å². The van der Waals surface area contributed by atoms with Crippen LogP contribution in [0.1, 0.15) is 11.9 Å². The molecule has 1 aromatic heterocycles. The number of nitrogens with one attached hydrogen (secondary N) is 2. The number of amides is 1. The second-order valence-corrected chi connectivity index (χ2v) is 4.58. The third-order valence-electron chi connectivity index (χ3n) is 3.19. The summed E-state index contributed by atoms with van der Waals surface area (Å²) in [6, 6.07) is 4.59. The van der Waals surface area contributed by atoms with E-state index in [1.54, 1.807) is 12.1 Å². The highest BCUT2D eigenvalue weighted by atomic mass is 16.5. The van der Waals surface area contributed by atoms with Gasteiger partial charge in [-0.05, 0) is 18.2 Å². The Morgan fingerprint density at radius 1 is 1.48 bits per heavy atom. The van der Waals surface area contributed by atoms with Gasteiger partial charge < -0.3 is 19.7 Å². The number of hydrogen-bond acceptors (Lipinski definition) is 7. The van der Waals surface area contributed by atoms with Crippen molar-refractivity contribution in [3.63, 3.8) is 0 Å². The molecule has 8 heteroatoms. The van der Waals surface area contributed by atoms with Crippen LogP contribution in [0.15, 0.2) is 22.7 Å². The summed E-state index contributed by atoms with van der Waals surface area (Å²) in [4.78, 5) is 15.4. The van der Waals surface area contributed by atoms with Gasteiger partial charge in [0.05, 0.1) is 13.7 Å². The molecule has 110 valence electrons. The van der Waals surface area contributed by atoms with Crippen LogP contribution in [0.2, 0.25) is 0 Å². The number of methoxy groups -OCH3 is 1. The number of carbonyl (C=O) groups is 1. The Hall–Kier alpha value is -2.61. The first-order valence-corrected chi connectivity index (χ1v) is 6.38. The average molecular weight is 290 g/mol. The van der Waals surface area contributed by atoms with Crippen LogP contribution in [0.5, 0.6) is 11.5 Å². The summed E-state index contributed by atoms with van der Waals surface area (Å²) in [5.74, 6) is 1.11. The lowest BCUT2D eigenvalue weighted by Crippen LogP contribution is -2.47. The lowest BCUT2D eigenvalue weighted by atomic mass is 10.2. The number of piperazine rings is 1. The number of aromatic nitrogens is 2. The summed E-state index contributed by atoms with van der Waals surface area (Å²) >= 11 is 0. The number of phenols is 1. The number of phenolic OH excluding ortho intramolecular Hbond substituents is 1. The highest BCUT2D eigenvalue weighted by Gasteiger charge is 2.24. The van der Waals surface area contributed by atoms with Gasteiger partial charge in [0.1, 0.15) is 6.04 Å². The van der Waals surface area contributed by atoms with E-state index in [2.05, 4.69) is 20.8 Å². The van der Waals surface area contributed by atoms with E-state index in [9.17, 15) is 9.90 Å². The van der Waals surface area contributed by atoms with Crippen molar-refractivity contribution in [1.82, 2.24) is 20.8 Å². The second kappa shape index (κ2) is 5.41. The SMILES string of the molecule is COc1cc(-c2noc(C3CNC(=O)CN3)n2)ccc1O. The molecule has 0 bridgehead atoms. The molecule has 1 fully saturated rings. The standard InChI is InChI=1S/C13H14N4O4/c1-20-10-4-7(2-3-9(10)18)12-16-13(21-17-12)8-5-15-11(19)6-14-8/h2-4,8,14,18H,5-6H2,1H3,(H,15,19). The maximum atomic E-state index is 11.1. The molecule has 1 unspecified atom stereocenters. The third kappa shape index (κ3) is 2.65. The fourth-order valence-corrected chi connectivity index (χ4v) is 2.05. The van der Waals surface area contributed by atoms with Gasteiger partial charge >= 0.3 is 0 Å². The van der Waals surface area contributed by atoms with E-state index in [0.717, 1.165) is 0 Å². The zero-order valence-corrected chi connectivity index (χ0v) is 11.3. The van der Waals surface area contributed by atoms with E-state index < -0.39 is 0 Å². The number of rotatable bonds is 3. The third-order valence-corrected chi connectivity index (χ3v) is 3.19. The van der Waals surface area contributed by atoms with Crippen LogP contribution >= 0.6 is 0 Å². The highest BCUT2D eigenvalue weighted by molar-refractivity contribution is 5.78. The van der Waals surface area contributed by atoms with Crippen LogP contribution < -0.4 is 15.4 Å². The van der Waals surface area contributed by atoms with Crippen LogP contribution in [-0.4, -0.2) is 41.4 Å². The van der Waals surface area contributed by atoms with Gasteiger partial charge in [0.15, 0.2) is 11.5 Å². The van der Waals surface area contributed by atoms with Gasteiger partial charge in [0, 0.05) is 12.1 Å². The minimum Gasteiger partial charge on any atom is -0.504 e. The quantitative estimate of drug-likeness (QED) is 0.741. The summed E-state index contributed by atoms with van der Waals surface area (Å²) in [6.07, 6.45) is 0. The molecule has 1 atom stereocenters. The number of benzene rings is 1. The molecule has 3 rings (SSSR count). The van der Waals surface area contributed by atoms with Crippen molar-refractivity contribution in [3.05, 3.63) is 24.1 Å². The molecule has 1 aromatic carbocycles. The Bertz CT molecular complexity index is 660. The predicted octanol–water partition coefficient (Wildman–Crippen LogP) is 0.211. The highest BCUT2D eigenvalue weighted by Crippen LogP contribution is 2.30. The predicted molar refractivity (Wildman–Crippen MR) is 71.7 cm³/mol. The molecule has 3 N–H and O–H groups in total. The molecule has 0 saturated carbocycles. The molecule has 1 aliphatic heterocycles. The van der Waals surface area contributed by atoms with E-state index in [1.165, 1.54) is 13.2 Å². The van der Waals surface area contributed by atoms with E-state index in [1.807, 2.05) is 0 Å². The van der Waals surface area contributed by atoms with E-state index in [4.69, 9.17) is 9.26 Å². The number of aromatic hydroxyl groups is 1. The van der Waals surface area contributed by atoms with Crippen LogP contribution in [0.4, 0.5) is 0 Å². The zero-order valence-electron chi connectivity index (χ0n) is 11.3. The first-order valence-electron chi connectivity index (χ1n) is 6.38. The summed E-state index contributed by atoms with van der Waals surface area (Å²) in [6.45, 7) is 0.620. The van der Waals surface area contributed by atoms with E-state index in [-0.39, 0.29) is 24.2 Å². The van der Waals surface area contributed by atoms with Crippen molar-refractivity contribution in [2.75, 3.05) is 20.2 Å². The van der Waals surface area contributed by atoms with Crippen LogP contribution in [-0.2, 0) is 4.79 Å². The molecular weight excluding hydrogens is 276 g/mol. The van der Waals surface area contributed by atoms with E-state index in [0.29, 0.717) is 29.6 Å². The molecule has 8 nitrogen and oxygen atoms in total. The number of hydrogen-bond donors (Lipinski definition) is 3. The zero-order chi connectivity index (χ0) is 14.8. The molecule has 0 spiro atoms. The van der Waals surface area contributed by atoms with Crippen LogP contribution in [0.25, 0.3) is 11.4 Å². The number of nitrogens with zero attached hydrogens (tertiary/aromatic N) is 2. The lowest BCUT2D eigenvalue weighted by molar-refractivity contribution is -0.121. The first-order chi connectivity index (χ1) is 10.2. The fourth-order valence-electron chi connectivity index (χ4n) is 2.05. The lowest BCUT2D eigenvalue weighted by Gasteiger charge is -2.20. The summed E-state index contributed by atoms with van der Waals surface area (Å²) in [5.41, 5.74) is 0.666. The maximum Gasteiger partial charge on any atom is 0.245 e. The molecule has 1 aliphatic rings. The summed E-state index contributed by atoms with van der Waals surface area (Å²) in [7, 11) is 1.47. The minimum atomic E-state index is -0.206. The van der Waals surface area contributed by atoms with Crippen molar-refractivity contribution < 1.29 is 19.2 Å². The largest absolute Gasteiger partial charge is 0.504 e. The molecule has 1 saturated heterocycles. The van der Waals surface area contributed by atoms with Gasteiger partial charge in [-0.3, -0.25) is 10.1 Å². The van der Waals surface area contributed by atoms with Gasteiger partial charge in [-0.25, -0.2) is 0 Å². The number of ether oxygens (including phenoxy) is 1. The van der Waals surface area contributed by atoms with Crippen LogP contribution in [0.3, 0.4) is 0 Å². The molecule has 1 amide bonds. The molecule has 0 aliphatic carbocycles. The van der Waals surface area contributed by atoms with Crippen molar-refractivity contribution in [2.45, 2.75) is 6.04 Å². The molecule has 2 aromatic rings. The Balaban J connectivity index is 1.83. The monoisotopic (exact) mass is 290 g/mol. The summed E-state index contributed by atoms with van der Waals surface area (Å²) < 4.78 is 10.3. The van der Waals surface area contributed by atoms with E-state index >= 15 is 0 Å². The van der Waals surface area contributed by atoms with Gasteiger partial charge in [-0.1, -0.05) is 5.16 Å². The van der Waals surface area contributed by atoms with Gasteiger partial charge in [-0.15, -0.1) is 0 Å². The first kappa shape index (κ1) is 13.4.